The molecule has 0 saturated carbocycles. The van der Waals surface area contributed by atoms with Crippen LogP contribution < -0.4 is 4.74 Å². The van der Waals surface area contributed by atoms with E-state index in [1.807, 2.05) is 29.2 Å². The van der Waals surface area contributed by atoms with Crippen LogP contribution in [-0.2, 0) is 9.53 Å². The number of morpholine rings is 1. The summed E-state index contributed by atoms with van der Waals surface area (Å²) in [7, 11) is 0. The van der Waals surface area contributed by atoms with Crippen molar-refractivity contribution < 1.29 is 14.3 Å². The molecule has 0 spiro atoms. The van der Waals surface area contributed by atoms with E-state index in [2.05, 4.69) is 9.80 Å². The molecule has 1 amide bonds. The first kappa shape index (κ1) is 18.5. The van der Waals surface area contributed by atoms with E-state index in [0.717, 1.165) is 51.6 Å². The van der Waals surface area contributed by atoms with Gasteiger partial charge in [0.2, 0.25) is 5.91 Å². The van der Waals surface area contributed by atoms with E-state index < -0.39 is 0 Å². The summed E-state index contributed by atoms with van der Waals surface area (Å²) in [4.78, 5) is 18.8. The van der Waals surface area contributed by atoms with Gasteiger partial charge < -0.3 is 14.4 Å². The Hall–Kier alpha value is -1.34. The lowest BCUT2D eigenvalue weighted by Crippen LogP contribution is -2.52. The minimum Gasteiger partial charge on any atom is -0.492 e. The SMILES string of the molecule is O=C(CN1CCN(CCOc2cccc(Cl)c2)CC1)N1CCOCC1. The third kappa shape index (κ3) is 5.85. The number of carbonyl (C=O) groups excluding carboxylic acids is 1. The summed E-state index contributed by atoms with van der Waals surface area (Å²) in [6, 6.07) is 7.48. The first-order valence-electron chi connectivity index (χ1n) is 8.89. The number of piperazine rings is 1. The molecule has 0 N–H and O–H groups in total. The van der Waals surface area contributed by atoms with Gasteiger partial charge in [0.25, 0.3) is 0 Å². The number of carbonyl (C=O) groups is 1. The molecule has 25 heavy (non-hydrogen) atoms. The zero-order chi connectivity index (χ0) is 17.5. The smallest absolute Gasteiger partial charge is 0.236 e. The molecule has 6 nitrogen and oxygen atoms in total. The fourth-order valence-electron chi connectivity index (χ4n) is 3.12. The van der Waals surface area contributed by atoms with Crippen molar-refractivity contribution in [2.75, 3.05) is 72.2 Å². The van der Waals surface area contributed by atoms with Crippen molar-refractivity contribution in [3.05, 3.63) is 29.3 Å². The van der Waals surface area contributed by atoms with Crippen LogP contribution in [0, 0.1) is 0 Å². The van der Waals surface area contributed by atoms with Gasteiger partial charge in [-0.3, -0.25) is 14.6 Å². The standard InChI is InChI=1S/C18H26ClN3O3/c19-16-2-1-3-17(14-16)25-13-8-20-4-6-21(7-5-20)15-18(23)22-9-11-24-12-10-22/h1-3,14H,4-13,15H2. The highest BCUT2D eigenvalue weighted by atomic mass is 35.5. The molecule has 0 bridgehead atoms. The van der Waals surface area contributed by atoms with Gasteiger partial charge in [0, 0.05) is 50.8 Å². The molecule has 0 aromatic heterocycles. The second-order valence-corrected chi connectivity index (χ2v) is 6.85. The van der Waals surface area contributed by atoms with Crippen molar-refractivity contribution in [3.63, 3.8) is 0 Å². The van der Waals surface area contributed by atoms with Crippen molar-refractivity contribution in [3.8, 4) is 5.75 Å². The third-order valence-corrected chi connectivity index (χ3v) is 4.89. The minimum absolute atomic E-state index is 0.223. The first-order valence-corrected chi connectivity index (χ1v) is 9.27. The largest absolute Gasteiger partial charge is 0.492 e. The van der Waals surface area contributed by atoms with E-state index in [1.165, 1.54) is 0 Å². The Morgan fingerprint density at radius 2 is 1.80 bits per heavy atom. The monoisotopic (exact) mass is 367 g/mol. The third-order valence-electron chi connectivity index (χ3n) is 4.66. The van der Waals surface area contributed by atoms with Crippen molar-refractivity contribution in [2.45, 2.75) is 0 Å². The normalized spacial score (nSPS) is 19.8. The fourth-order valence-corrected chi connectivity index (χ4v) is 3.30. The first-order chi connectivity index (χ1) is 12.2. The highest BCUT2D eigenvalue weighted by Crippen LogP contribution is 2.17. The Balaban J connectivity index is 1.32. The summed E-state index contributed by atoms with van der Waals surface area (Å²) in [5, 5.41) is 0.691. The lowest BCUT2D eigenvalue weighted by atomic mass is 10.3. The summed E-state index contributed by atoms with van der Waals surface area (Å²) >= 11 is 5.95. The van der Waals surface area contributed by atoms with Gasteiger partial charge in [0.15, 0.2) is 0 Å². The number of ether oxygens (including phenoxy) is 2. The van der Waals surface area contributed by atoms with Crippen molar-refractivity contribution >= 4 is 17.5 Å². The van der Waals surface area contributed by atoms with Crippen LogP contribution in [0.2, 0.25) is 5.02 Å². The number of benzene rings is 1. The topological polar surface area (TPSA) is 45.2 Å². The Labute approximate surface area is 154 Å². The van der Waals surface area contributed by atoms with Crippen LogP contribution in [0.1, 0.15) is 0 Å². The van der Waals surface area contributed by atoms with Crippen molar-refractivity contribution in [2.24, 2.45) is 0 Å². The van der Waals surface area contributed by atoms with Crippen molar-refractivity contribution in [1.29, 1.82) is 0 Å². The van der Waals surface area contributed by atoms with Gasteiger partial charge >= 0.3 is 0 Å². The molecule has 1 aromatic carbocycles. The van der Waals surface area contributed by atoms with Gasteiger partial charge in [-0.05, 0) is 18.2 Å². The van der Waals surface area contributed by atoms with E-state index in [0.29, 0.717) is 31.4 Å². The van der Waals surface area contributed by atoms with Crippen LogP contribution in [0.3, 0.4) is 0 Å². The summed E-state index contributed by atoms with van der Waals surface area (Å²) in [5.74, 6) is 1.03. The number of rotatable bonds is 6. The van der Waals surface area contributed by atoms with Crippen LogP contribution in [-0.4, -0.2) is 92.8 Å². The molecule has 2 saturated heterocycles. The van der Waals surface area contributed by atoms with E-state index in [4.69, 9.17) is 21.1 Å². The molecule has 0 atom stereocenters. The summed E-state index contributed by atoms with van der Waals surface area (Å²) in [5.41, 5.74) is 0. The number of hydrogen-bond acceptors (Lipinski definition) is 5. The number of amides is 1. The van der Waals surface area contributed by atoms with Gasteiger partial charge in [0.05, 0.1) is 19.8 Å². The molecule has 2 heterocycles. The van der Waals surface area contributed by atoms with E-state index in [9.17, 15) is 4.79 Å². The highest BCUT2D eigenvalue weighted by molar-refractivity contribution is 6.30. The Bertz CT molecular complexity index is 558. The van der Waals surface area contributed by atoms with E-state index >= 15 is 0 Å². The molecule has 2 aliphatic heterocycles. The predicted octanol–water partition coefficient (Wildman–Crippen LogP) is 1.20. The number of halogens is 1. The van der Waals surface area contributed by atoms with Gasteiger partial charge in [-0.1, -0.05) is 17.7 Å². The highest BCUT2D eigenvalue weighted by Gasteiger charge is 2.22. The maximum atomic E-state index is 12.3. The minimum atomic E-state index is 0.223. The van der Waals surface area contributed by atoms with Gasteiger partial charge in [-0.15, -0.1) is 0 Å². The van der Waals surface area contributed by atoms with Gasteiger partial charge in [-0.25, -0.2) is 0 Å². The molecule has 2 aliphatic rings. The predicted molar refractivity (Wildman–Crippen MR) is 97.2 cm³/mol. The van der Waals surface area contributed by atoms with Crippen LogP contribution in [0.5, 0.6) is 5.75 Å². The van der Waals surface area contributed by atoms with Crippen LogP contribution in [0.15, 0.2) is 24.3 Å². The number of hydrogen-bond donors (Lipinski definition) is 0. The lowest BCUT2D eigenvalue weighted by Gasteiger charge is -2.35. The van der Waals surface area contributed by atoms with Crippen LogP contribution >= 0.6 is 11.6 Å². The molecule has 1 aromatic rings. The van der Waals surface area contributed by atoms with Crippen LogP contribution in [0.4, 0.5) is 0 Å². The quantitative estimate of drug-likeness (QED) is 0.756. The molecule has 0 aliphatic carbocycles. The lowest BCUT2D eigenvalue weighted by molar-refractivity contribution is -0.136. The van der Waals surface area contributed by atoms with Gasteiger partial charge in [0.1, 0.15) is 12.4 Å². The maximum Gasteiger partial charge on any atom is 0.236 e. The molecule has 3 rings (SSSR count). The van der Waals surface area contributed by atoms with E-state index in [-0.39, 0.29) is 5.91 Å². The molecule has 0 radical (unpaired) electrons. The Morgan fingerprint density at radius 1 is 1.08 bits per heavy atom. The molecular weight excluding hydrogens is 342 g/mol. The van der Waals surface area contributed by atoms with Gasteiger partial charge in [-0.2, -0.15) is 0 Å². The molecule has 0 unspecified atom stereocenters. The summed E-state index contributed by atoms with van der Waals surface area (Å²) in [6.45, 7) is 8.60. The second kappa shape index (κ2) is 9.38. The second-order valence-electron chi connectivity index (χ2n) is 6.42. The number of nitrogens with zero attached hydrogens (tertiary/aromatic N) is 3. The molecule has 2 fully saturated rings. The molecule has 7 heteroatoms. The molecule has 138 valence electrons. The Kier molecular flexibility index (Phi) is 6.93. The van der Waals surface area contributed by atoms with Crippen LogP contribution in [0.25, 0.3) is 0 Å². The average molecular weight is 368 g/mol. The zero-order valence-corrected chi connectivity index (χ0v) is 15.3. The fraction of sp³-hybridized carbons (Fsp3) is 0.611. The average Bonchev–Trinajstić information content (AvgIpc) is 2.64. The zero-order valence-electron chi connectivity index (χ0n) is 14.5. The summed E-state index contributed by atoms with van der Waals surface area (Å²) < 4.78 is 11.0. The maximum absolute atomic E-state index is 12.3. The van der Waals surface area contributed by atoms with E-state index in [1.54, 1.807) is 0 Å². The van der Waals surface area contributed by atoms with Crippen molar-refractivity contribution in [1.82, 2.24) is 14.7 Å². The Morgan fingerprint density at radius 3 is 2.52 bits per heavy atom. The molecular formula is C18H26ClN3O3. The summed E-state index contributed by atoms with van der Waals surface area (Å²) in [6.07, 6.45) is 0.